The third kappa shape index (κ3) is 9.07. The number of amides is 3. The van der Waals surface area contributed by atoms with Gasteiger partial charge in [0.1, 0.15) is 18.1 Å². The first-order valence-electron chi connectivity index (χ1n) is 12.6. The van der Waals surface area contributed by atoms with E-state index >= 15 is 0 Å². The Morgan fingerprint density at radius 2 is 1.95 bits per heavy atom. The Bertz CT molecular complexity index is 1090. The first-order valence-corrected chi connectivity index (χ1v) is 12.6. The molecule has 0 fully saturated rings. The number of hydroxylamine groups is 1. The molecule has 10 heteroatoms. The largest absolute Gasteiger partial charge is 0.497 e. The van der Waals surface area contributed by atoms with E-state index in [9.17, 15) is 14.4 Å². The van der Waals surface area contributed by atoms with Crippen LogP contribution in [-0.4, -0.2) is 42.6 Å². The predicted molar refractivity (Wildman–Crippen MR) is 140 cm³/mol. The summed E-state index contributed by atoms with van der Waals surface area (Å²) in [5, 5.41) is 17.7. The molecular formula is C27H36N4O6. The van der Waals surface area contributed by atoms with Crippen LogP contribution in [0, 0.1) is 0 Å². The molecule has 1 atom stereocenters. The maximum Gasteiger partial charge on any atom is 0.243 e. The van der Waals surface area contributed by atoms with Gasteiger partial charge in [-0.3, -0.25) is 19.6 Å². The molecule has 0 radical (unpaired) electrons. The van der Waals surface area contributed by atoms with Gasteiger partial charge in [0.2, 0.25) is 17.7 Å². The summed E-state index contributed by atoms with van der Waals surface area (Å²) >= 11 is 0. The number of aryl methyl sites for hydroxylation is 1. The zero-order valence-corrected chi connectivity index (χ0v) is 21.4. The molecule has 3 amide bonds. The van der Waals surface area contributed by atoms with Crippen LogP contribution in [0.25, 0.3) is 0 Å². The summed E-state index contributed by atoms with van der Waals surface area (Å²) in [5.74, 6) is 0.416. The molecule has 0 saturated carbocycles. The number of carbonyl (C=O) groups excluding carboxylic acids is 3. The van der Waals surface area contributed by atoms with Crippen LogP contribution in [0.1, 0.15) is 56.6 Å². The molecule has 1 aliphatic rings. The van der Waals surface area contributed by atoms with Crippen molar-refractivity contribution >= 4 is 29.1 Å². The molecule has 200 valence electrons. The summed E-state index contributed by atoms with van der Waals surface area (Å²) in [5.41, 5.74) is 4.72. The fourth-order valence-corrected chi connectivity index (χ4v) is 4.25. The molecule has 1 aliphatic heterocycles. The van der Waals surface area contributed by atoms with Gasteiger partial charge in [0.15, 0.2) is 0 Å². The molecule has 1 heterocycles. The molecule has 10 nitrogen and oxygen atoms in total. The van der Waals surface area contributed by atoms with E-state index in [-0.39, 0.29) is 24.8 Å². The minimum atomic E-state index is -0.451. The van der Waals surface area contributed by atoms with E-state index in [1.165, 1.54) is 6.92 Å². The van der Waals surface area contributed by atoms with Crippen LogP contribution in [0.15, 0.2) is 36.4 Å². The number of hydrogen-bond acceptors (Lipinski definition) is 7. The van der Waals surface area contributed by atoms with Gasteiger partial charge in [-0.05, 0) is 73.7 Å². The topological polar surface area (TPSA) is 138 Å². The van der Waals surface area contributed by atoms with Crippen LogP contribution in [0.5, 0.6) is 11.5 Å². The summed E-state index contributed by atoms with van der Waals surface area (Å²) in [4.78, 5) is 36.1. The Labute approximate surface area is 217 Å². The predicted octanol–water partition coefficient (Wildman–Crippen LogP) is 3.53. The summed E-state index contributed by atoms with van der Waals surface area (Å²) in [6.07, 6.45) is 4.57. The Morgan fingerprint density at radius 1 is 1.14 bits per heavy atom. The van der Waals surface area contributed by atoms with E-state index in [0.717, 1.165) is 42.6 Å². The summed E-state index contributed by atoms with van der Waals surface area (Å²) in [7, 11) is 1.64. The quantitative estimate of drug-likeness (QED) is 0.207. The van der Waals surface area contributed by atoms with Gasteiger partial charge in [-0.25, -0.2) is 5.48 Å². The molecule has 2 bridgehead atoms. The number of hydrogen-bond donors (Lipinski definition) is 5. The molecule has 1 unspecified atom stereocenters. The molecular weight excluding hydrogens is 476 g/mol. The zero-order chi connectivity index (χ0) is 26.6. The first-order chi connectivity index (χ1) is 17.9. The monoisotopic (exact) mass is 512 g/mol. The Kier molecular flexibility index (Phi) is 10.7. The molecule has 3 rings (SSSR count). The highest BCUT2D eigenvalue weighted by atomic mass is 16.5. The molecule has 37 heavy (non-hydrogen) atoms. The zero-order valence-electron chi connectivity index (χ0n) is 21.4. The average Bonchev–Trinajstić information content (AvgIpc) is 2.88. The lowest BCUT2D eigenvalue weighted by Crippen LogP contribution is -2.41. The van der Waals surface area contributed by atoms with Crippen molar-refractivity contribution in [2.24, 2.45) is 0 Å². The van der Waals surface area contributed by atoms with E-state index in [1.54, 1.807) is 30.8 Å². The average molecular weight is 513 g/mol. The number of benzene rings is 2. The number of ether oxygens (including phenoxy) is 2. The van der Waals surface area contributed by atoms with Crippen molar-refractivity contribution in [1.82, 2.24) is 10.8 Å². The number of nitrogens with one attached hydrogen (secondary N) is 4. The highest BCUT2D eigenvalue weighted by Crippen LogP contribution is 2.30. The van der Waals surface area contributed by atoms with E-state index in [0.29, 0.717) is 36.5 Å². The van der Waals surface area contributed by atoms with Gasteiger partial charge < -0.3 is 25.4 Å². The van der Waals surface area contributed by atoms with Gasteiger partial charge in [-0.1, -0.05) is 18.9 Å². The Balaban J connectivity index is 1.81. The second-order valence-corrected chi connectivity index (χ2v) is 9.10. The fourth-order valence-electron chi connectivity index (χ4n) is 4.25. The third-order valence-corrected chi connectivity index (χ3v) is 6.08. The number of anilines is 2. The van der Waals surface area contributed by atoms with Crippen LogP contribution >= 0.6 is 0 Å². The molecule has 0 aliphatic carbocycles. The standard InChI is InChI=1S/C27H36N4O6/c1-18(32)29-21-10-11-25-24(16-21)30-27(34)23(8-4-3-5-9-26(33)31-35)28-12-6-7-19-13-20(17-37-25)15-22(14-19)36-2/h10-11,13-16,23,28,35H,3-9,12,17H2,1-2H3,(H,29,32)(H,30,34)(H,31,33). The lowest BCUT2D eigenvalue weighted by Gasteiger charge is -2.21. The number of unbranched alkanes of at least 4 members (excludes halogenated alkanes) is 2. The van der Waals surface area contributed by atoms with E-state index in [1.807, 2.05) is 12.1 Å². The van der Waals surface area contributed by atoms with E-state index < -0.39 is 11.9 Å². The van der Waals surface area contributed by atoms with Crippen LogP contribution in [0.4, 0.5) is 11.4 Å². The van der Waals surface area contributed by atoms with Gasteiger partial charge in [-0.2, -0.15) is 0 Å². The lowest BCUT2D eigenvalue weighted by molar-refractivity contribution is -0.129. The van der Waals surface area contributed by atoms with Gasteiger partial charge in [0.25, 0.3) is 0 Å². The smallest absolute Gasteiger partial charge is 0.243 e. The molecule has 2 aromatic rings. The van der Waals surface area contributed by atoms with Crippen LogP contribution in [-0.2, 0) is 27.4 Å². The molecule has 0 saturated heterocycles. The van der Waals surface area contributed by atoms with Crippen LogP contribution in [0.2, 0.25) is 0 Å². The molecule has 0 aromatic heterocycles. The Hall–Kier alpha value is -3.63. The van der Waals surface area contributed by atoms with Gasteiger partial charge in [0, 0.05) is 19.0 Å². The fraction of sp³-hybridized carbons (Fsp3) is 0.444. The molecule has 2 aromatic carbocycles. The van der Waals surface area contributed by atoms with Crippen molar-refractivity contribution < 1.29 is 29.1 Å². The van der Waals surface area contributed by atoms with Crippen molar-refractivity contribution in [3.63, 3.8) is 0 Å². The second kappa shape index (κ2) is 14.2. The van der Waals surface area contributed by atoms with Crippen molar-refractivity contribution in [1.29, 1.82) is 0 Å². The molecule has 0 spiro atoms. The first kappa shape index (κ1) is 27.9. The normalized spacial score (nSPS) is 15.9. The SMILES string of the molecule is COc1cc2cc(c1)COc1ccc(NC(C)=O)cc1NC(=O)C(CCCCCC(=O)NO)NCCC2. The highest BCUT2D eigenvalue weighted by molar-refractivity contribution is 5.97. The van der Waals surface area contributed by atoms with Crippen molar-refractivity contribution in [2.75, 3.05) is 24.3 Å². The number of carbonyl (C=O) groups is 3. The second-order valence-electron chi connectivity index (χ2n) is 9.10. The van der Waals surface area contributed by atoms with Gasteiger partial charge in [0.05, 0.1) is 18.8 Å². The number of rotatable bonds is 8. The van der Waals surface area contributed by atoms with E-state index in [4.69, 9.17) is 14.7 Å². The summed E-state index contributed by atoms with van der Waals surface area (Å²) in [6, 6.07) is 10.7. The van der Waals surface area contributed by atoms with Crippen LogP contribution < -0.4 is 30.9 Å². The maximum atomic E-state index is 13.3. The lowest BCUT2D eigenvalue weighted by atomic mass is 10.0. The highest BCUT2D eigenvalue weighted by Gasteiger charge is 2.20. The summed E-state index contributed by atoms with van der Waals surface area (Å²) in [6.45, 7) is 2.36. The van der Waals surface area contributed by atoms with Crippen LogP contribution in [0.3, 0.4) is 0 Å². The Morgan fingerprint density at radius 3 is 2.70 bits per heavy atom. The van der Waals surface area contributed by atoms with Crippen molar-refractivity contribution in [3.8, 4) is 11.5 Å². The summed E-state index contributed by atoms with van der Waals surface area (Å²) < 4.78 is 11.6. The van der Waals surface area contributed by atoms with Crippen molar-refractivity contribution in [3.05, 3.63) is 47.5 Å². The van der Waals surface area contributed by atoms with Gasteiger partial charge in [-0.15, -0.1) is 0 Å². The van der Waals surface area contributed by atoms with Crippen molar-refractivity contribution in [2.45, 2.75) is 64.5 Å². The van der Waals surface area contributed by atoms with E-state index in [2.05, 4.69) is 22.0 Å². The third-order valence-electron chi connectivity index (χ3n) is 6.08. The number of methoxy groups -OCH3 is 1. The molecule has 5 N–H and O–H groups in total. The maximum absolute atomic E-state index is 13.3. The van der Waals surface area contributed by atoms with Gasteiger partial charge >= 0.3 is 0 Å². The number of fused-ring (bicyclic) bond motifs is 3. The minimum Gasteiger partial charge on any atom is -0.497 e. The minimum absolute atomic E-state index is 0.199.